The van der Waals surface area contributed by atoms with E-state index in [9.17, 15) is 0 Å². The van der Waals surface area contributed by atoms with Gasteiger partial charge in [0.15, 0.2) is 0 Å². The molecule has 0 atom stereocenters. The van der Waals surface area contributed by atoms with Crippen LogP contribution in [0.15, 0.2) is 0 Å². The number of hydrogen-bond donors (Lipinski definition) is 1. The van der Waals surface area contributed by atoms with Crippen LogP contribution >= 0.6 is 11.3 Å². The number of ether oxygens (including phenoxy) is 1. The Bertz CT molecular complexity index is 285. The number of nitrogens with one attached hydrogen (secondary N) is 1. The van der Waals surface area contributed by atoms with Crippen LogP contribution in [0.5, 0.6) is 0 Å². The number of methoxy groups -OCH3 is 1. The molecule has 0 aromatic carbocycles. The molecule has 0 bridgehead atoms. The summed E-state index contributed by atoms with van der Waals surface area (Å²) < 4.78 is 4.99. The predicted octanol–water partition coefficient (Wildman–Crippen LogP) is 0.979. The fraction of sp³-hybridized carbons (Fsp3) is 0.778. The topological polar surface area (TPSA) is 47.0 Å². The highest BCUT2D eigenvalue weighted by Gasteiger charge is 2.19. The van der Waals surface area contributed by atoms with E-state index in [-0.39, 0.29) is 0 Å². The Morgan fingerprint density at radius 3 is 2.93 bits per heavy atom. The molecule has 0 unspecified atom stereocenters. The van der Waals surface area contributed by atoms with Crippen molar-refractivity contribution in [3.05, 3.63) is 10.0 Å². The number of nitrogens with zero attached hydrogens (tertiary/aromatic N) is 2. The lowest BCUT2D eigenvalue weighted by molar-refractivity contribution is 0.184. The Balaban J connectivity index is 1.71. The van der Waals surface area contributed by atoms with Gasteiger partial charge in [-0.05, 0) is 12.8 Å². The van der Waals surface area contributed by atoms with Crippen molar-refractivity contribution in [2.24, 2.45) is 0 Å². The second kappa shape index (κ2) is 4.82. The van der Waals surface area contributed by atoms with Crippen molar-refractivity contribution in [2.45, 2.75) is 31.9 Å². The minimum Gasteiger partial charge on any atom is -0.377 e. The maximum atomic E-state index is 4.99. The number of hydrogen-bond acceptors (Lipinski definition) is 5. The maximum absolute atomic E-state index is 4.99. The first-order valence-electron chi connectivity index (χ1n) is 4.92. The molecule has 4 nitrogen and oxygen atoms in total. The summed E-state index contributed by atoms with van der Waals surface area (Å²) in [4.78, 5) is 0. The molecule has 0 saturated heterocycles. The third-order valence-corrected chi connectivity index (χ3v) is 3.08. The molecular formula is C9H15N3OS. The van der Waals surface area contributed by atoms with E-state index >= 15 is 0 Å². The molecule has 78 valence electrons. The Morgan fingerprint density at radius 1 is 1.43 bits per heavy atom. The molecule has 5 heteroatoms. The molecule has 0 spiro atoms. The van der Waals surface area contributed by atoms with Crippen LogP contribution < -0.4 is 5.32 Å². The highest BCUT2D eigenvalue weighted by Crippen LogP contribution is 2.18. The number of rotatable bonds is 6. The van der Waals surface area contributed by atoms with Crippen LogP contribution in [-0.4, -0.2) is 29.9 Å². The normalized spacial score (nSPS) is 16.1. The molecule has 1 aromatic heterocycles. The molecule has 0 aliphatic heterocycles. The minimum atomic E-state index is 0.577. The van der Waals surface area contributed by atoms with Crippen LogP contribution in [0, 0.1) is 0 Å². The van der Waals surface area contributed by atoms with E-state index in [0.717, 1.165) is 29.0 Å². The van der Waals surface area contributed by atoms with Crippen molar-refractivity contribution in [1.82, 2.24) is 15.5 Å². The molecule has 0 amide bonds. The fourth-order valence-electron chi connectivity index (χ4n) is 1.24. The zero-order valence-electron chi connectivity index (χ0n) is 8.32. The summed E-state index contributed by atoms with van der Waals surface area (Å²) in [6, 6.07) is 0.779. The average molecular weight is 213 g/mol. The lowest BCUT2D eigenvalue weighted by Gasteiger charge is -1.97. The standard InChI is InChI=1S/C9H15N3OS/c1-13-6-9-12-11-8(14-9)4-5-10-7-2-3-7/h7,10H,2-6H2,1H3. The first-order chi connectivity index (χ1) is 6.88. The second-order valence-corrected chi connectivity index (χ2v) is 4.65. The second-order valence-electron chi connectivity index (χ2n) is 3.50. The Hall–Kier alpha value is -0.520. The van der Waals surface area contributed by atoms with Crippen molar-refractivity contribution in [2.75, 3.05) is 13.7 Å². The lowest BCUT2D eigenvalue weighted by atomic mass is 10.4. The van der Waals surface area contributed by atoms with Crippen molar-refractivity contribution in [3.63, 3.8) is 0 Å². The summed E-state index contributed by atoms with van der Waals surface area (Å²) in [7, 11) is 1.68. The molecular weight excluding hydrogens is 198 g/mol. The van der Waals surface area contributed by atoms with Gasteiger partial charge in [-0.3, -0.25) is 0 Å². The van der Waals surface area contributed by atoms with Gasteiger partial charge in [0, 0.05) is 26.1 Å². The van der Waals surface area contributed by atoms with E-state index < -0.39 is 0 Å². The van der Waals surface area contributed by atoms with Gasteiger partial charge in [0.25, 0.3) is 0 Å². The summed E-state index contributed by atoms with van der Waals surface area (Å²) in [5.74, 6) is 0. The van der Waals surface area contributed by atoms with Crippen molar-refractivity contribution >= 4 is 11.3 Å². The third kappa shape index (κ3) is 3.01. The molecule has 1 N–H and O–H groups in total. The average Bonchev–Trinajstić information content (AvgIpc) is 2.88. The van der Waals surface area contributed by atoms with Crippen LogP contribution in [0.1, 0.15) is 22.9 Å². The van der Waals surface area contributed by atoms with Gasteiger partial charge in [0.1, 0.15) is 10.0 Å². The van der Waals surface area contributed by atoms with Gasteiger partial charge < -0.3 is 10.1 Å². The monoisotopic (exact) mass is 213 g/mol. The molecule has 0 radical (unpaired) electrons. The Labute approximate surface area is 87.7 Å². The van der Waals surface area contributed by atoms with Crippen molar-refractivity contribution < 1.29 is 4.74 Å². The Kier molecular flexibility index (Phi) is 3.44. The van der Waals surface area contributed by atoms with Crippen LogP contribution in [0.4, 0.5) is 0 Å². The molecule has 1 aliphatic rings. The third-order valence-electron chi connectivity index (χ3n) is 2.13. The smallest absolute Gasteiger partial charge is 0.143 e. The van der Waals surface area contributed by atoms with Gasteiger partial charge in [-0.25, -0.2) is 0 Å². The highest BCUT2D eigenvalue weighted by atomic mass is 32.1. The fourth-order valence-corrected chi connectivity index (χ4v) is 2.06. The zero-order valence-corrected chi connectivity index (χ0v) is 9.14. The lowest BCUT2D eigenvalue weighted by Crippen LogP contribution is -2.19. The van der Waals surface area contributed by atoms with Crippen molar-refractivity contribution in [3.8, 4) is 0 Å². The van der Waals surface area contributed by atoms with Crippen LogP contribution in [0.2, 0.25) is 0 Å². The van der Waals surface area contributed by atoms with Crippen LogP contribution in [0.3, 0.4) is 0 Å². The molecule has 1 fully saturated rings. The summed E-state index contributed by atoms with van der Waals surface area (Å²) in [6.45, 7) is 1.60. The van der Waals surface area contributed by atoms with E-state index in [4.69, 9.17) is 4.74 Å². The summed E-state index contributed by atoms with van der Waals surface area (Å²) >= 11 is 1.64. The van der Waals surface area contributed by atoms with E-state index in [1.165, 1.54) is 12.8 Å². The first kappa shape index (κ1) is 10.0. The van der Waals surface area contributed by atoms with Gasteiger partial charge in [-0.15, -0.1) is 10.2 Å². The van der Waals surface area contributed by atoms with E-state index in [0.29, 0.717) is 6.61 Å². The van der Waals surface area contributed by atoms with Crippen LogP contribution in [0.25, 0.3) is 0 Å². The van der Waals surface area contributed by atoms with Gasteiger partial charge in [-0.2, -0.15) is 0 Å². The molecule has 1 aromatic rings. The van der Waals surface area contributed by atoms with Gasteiger partial charge >= 0.3 is 0 Å². The quantitative estimate of drug-likeness (QED) is 0.765. The summed E-state index contributed by atoms with van der Waals surface area (Å²) in [5.41, 5.74) is 0. The SMILES string of the molecule is COCc1nnc(CCNC2CC2)s1. The minimum absolute atomic E-state index is 0.577. The molecule has 14 heavy (non-hydrogen) atoms. The van der Waals surface area contributed by atoms with E-state index in [2.05, 4.69) is 15.5 Å². The summed E-state index contributed by atoms with van der Waals surface area (Å²) in [5, 5.41) is 13.7. The Morgan fingerprint density at radius 2 is 2.21 bits per heavy atom. The zero-order chi connectivity index (χ0) is 9.80. The van der Waals surface area contributed by atoms with Crippen LogP contribution in [-0.2, 0) is 17.8 Å². The first-order valence-corrected chi connectivity index (χ1v) is 5.73. The van der Waals surface area contributed by atoms with E-state index in [1.54, 1.807) is 18.4 Å². The predicted molar refractivity (Wildman–Crippen MR) is 55.4 cm³/mol. The largest absolute Gasteiger partial charge is 0.377 e. The van der Waals surface area contributed by atoms with Gasteiger partial charge in [0.2, 0.25) is 0 Å². The van der Waals surface area contributed by atoms with Gasteiger partial charge in [0.05, 0.1) is 6.61 Å². The van der Waals surface area contributed by atoms with Gasteiger partial charge in [-0.1, -0.05) is 11.3 Å². The molecule has 1 saturated carbocycles. The molecule has 2 rings (SSSR count). The molecule has 1 heterocycles. The van der Waals surface area contributed by atoms with E-state index in [1.807, 2.05) is 0 Å². The molecule has 1 aliphatic carbocycles. The number of aromatic nitrogens is 2. The maximum Gasteiger partial charge on any atom is 0.143 e. The summed E-state index contributed by atoms with van der Waals surface area (Å²) in [6.07, 6.45) is 3.66. The highest BCUT2D eigenvalue weighted by molar-refractivity contribution is 7.11. The van der Waals surface area contributed by atoms with Crippen molar-refractivity contribution in [1.29, 1.82) is 0 Å².